The summed E-state index contributed by atoms with van der Waals surface area (Å²) < 4.78 is 22.7. The van der Waals surface area contributed by atoms with E-state index < -0.39 is 22.0 Å². The molecule has 0 amide bonds. The molecule has 0 aliphatic heterocycles. The Morgan fingerprint density at radius 3 is 2.08 bits per heavy atom. The van der Waals surface area contributed by atoms with E-state index in [1.807, 2.05) is 0 Å². The van der Waals surface area contributed by atoms with Crippen molar-refractivity contribution < 1.29 is 18.3 Å². The van der Waals surface area contributed by atoms with E-state index in [1.165, 1.54) is 7.05 Å². The maximum absolute atomic E-state index is 10.9. The van der Waals surface area contributed by atoms with Crippen molar-refractivity contribution in [3.8, 4) is 0 Å². The van der Waals surface area contributed by atoms with E-state index in [9.17, 15) is 13.2 Å². The van der Waals surface area contributed by atoms with Gasteiger partial charge in [-0.15, -0.1) is 0 Å². The third-order valence-corrected chi connectivity index (χ3v) is 2.93. The zero-order chi connectivity index (χ0) is 9.94. The van der Waals surface area contributed by atoms with E-state index in [1.54, 1.807) is 6.92 Å². The molecule has 0 saturated carbocycles. The number of aliphatic carboxylic acids is 1. The van der Waals surface area contributed by atoms with Crippen molar-refractivity contribution in [1.29, 1.82) is 0 Å². The lowest BCUT2D eigenvalue weighted by atomic mass is 10.2. The summed E-state index contributed by atoms with van der Waals surface area (Å²) in [6, 6.07) is -0.958. The molecular weight excluding hydrogens is 182 g/mol. The molecule has 0 spiro atoms. The first-order chi connectivity index (χ1) is 5.30. The summed E-state index contributed by atoms with van der Waals surface area (Å²) >= 11 is 0. The Bertz CT molecular complexity index is 259. The Kier molecular flexibility index (Phi) is 3.66. The van der Waals surface area contributed by atoms with Gasteiger partial charge in [-0.1, -0.05) is 6.92 Å². The van der Waals surface area contributed by atoms with Crippen LogP contribution < -0.4 is 0 Å². The van der Waals surface area contributed by atoms with Crippen molar-refractivity contribution in [3.63, 3.8) is 0 Å². The number of likely N-dealkylation sites (N-methyl/N-ethyl adjacent to an activating group) is 1. The Hall–Kier alpha value is -0.620. The predicted molar refractivity (Wildman–Crippen MR) is 44.3 cm³/mol. The van der Waals surface area contributed by atoms with Crippen molar-refractivity contribution in [2.24, 2.45) is 0 Å². The third kappa shape index (κ3) is 2.78. The molecule has 6 heteroatoms. The maximum atomic E-state index is 10.9. The highest BCUT2D eigenvalue weighted by Crippen LogP contribution is 2.05. The van der Waals surface area contributed by atoms with Crippen LogP contribution in [0.2, 0.25) is 0 Å². The van der Waals surface area contributed by atoms with Crippen LogP contribution in [0.3, 0.4) is 0 Å². The van der Waals surface area contributed by atoms with E-state index in [-0.39, 0.29) is 6.42 Å². The molecule has 0 saturated heterocycles. The normalized spacial score (nSPS) is 14.7. The van der Waals surface area contributed by atoms with E-state index >= 15 is 0 Å². The summed E-state index contributed by atoms with van der Waals surface area (Å²) in [5, 5.41) is 8.60. The fraction of sp³-hybridized carbons (Fsp3) is 0.833. The largest absolute Gasteiger partial charge is 0.480 e. The molecule has 1 N–H and O–H groups in total. The van der Waals surface area contributed by atoms with Gasteiger partial charge in [-0.3, -0.25) is 4.79 Å². The molecule has 0 heterocycles. The third-order valence-electron chi connectivity index (χ3n) is 1.63. The quantitative estimate of drug-likeness (QED) is 0.670. The van der Waals surface area contributed by atoms with Gasteiger partial charge in [-0.05, 0) is 6.42 Å². The molecule has 0 aliphatic carbocycles. The average Bonchev–Trinajstić information content (AvgIpc) is 1.86. The van der Waals surface area contributed by atoms with Gasteiger partial charge in [0.2, 0.25) is 10.0 Å². The lowest BCUT2D eigenvalue weighted by molar-refractivity contribution is -0.141. The summed E-state index contributed by atoms with van der Waals surface area (Å²) in [5.74, 6) is -1.12. The van der Waals surface area contributed by atoms with Crippen molar-refractivity contribution in [1.82, 2.24) is 4.31 Å². The second-order valence-corrected chi connectivity index (χ2v) is 4.58. The number of carboxylic acid groups (broad SMARTS) is 1. The highest BCUT2D eigenvalue weighted by molar-refractivity contribution is 7.88. The Morgan fingerprint density at radius 2 is 2.00 bits per heavy atom. The van der Waals surface area contributed by atoms with Gasteiger partial charge in [0.15, 0.2) is 0 Å². The van der Waals surface area contributed by atoms with Crippen LogP contribution in [0.25, 0.3) is 0 Å². The number of rotatable bonds is 4. The Labute approximate surface area is 72.0 Å². The van der Waals surface area contributed by atoms with E-state index in [2.05, 4.69) is 0 Å². The van der Waals surface area contributed by atoms with Gasteiger partial charge in [0.05, 0.1) is 6.26 Å². The molecule has 1 atom stereocenters. The first-order valence-corrected chi connectivity index (χ1v) is 5.31. The molecule has 0 aromatic rings. The molecule has 1 unspecified atom stereocenters. The van der Waals surface area contributed by atoms with E-state index in [0.717, 1.165) is 10.6 Å². The molecular formula is C6H13NO4S. The van der Waals surface area contributed by atoms with Crippen molar-refractivity contribution in [2.75, 3.05) is 13.3 Å². The second kappa shape index (κ2) is 3.86. The lowest BCUT2D eigenvalue weighted by Gasteiger charge is -2.20. The van der Waals surface area contributed by atoms with Crippen LogP contribution in [-0.4, -0.2) is 43.1 Å². The topological polar surface area (TPSA) is 74.7 Å². The Morgan fingerprint density at radius 1 is 1.58 bits per heavy atom. The zero-order valence-corrected chi connectivity index (χ0v) is 8.13. The second-order valence-electron chi connectivity index (χ2n) is 2.54. The van der Waals surface area contributed by atoms with Crippen molar-refractivity contribution >= 4 is 16.0 Å². The first-order valence-electron chi connectivity index (χ1n) is 3.46. The standard InChI is InChI=1S/C6H13NO4S/c1-4-5(6(8)9)7(2)12(3,10)11/h5H,4H2,1-3H3,(H,8,9). The summed E-state index contributed by atoms with van der Waals surface area (Å²) in [6.07, 6.45) is 1.25. The molecule has 0 rings (SSSR count). The van der Waals surface area contributed by atoms with Crippen LogP contribution in [0, 0.1) is 0 Å². The van der Waals surface area contributed by atoms with Gasteiger partial charge in [-0.25, -0.2) is 8.42 Å². The summed E-state index contributed by atoms with van der Waals surface area (Å²) in [4.78, 5) is 10.5. The summed E-state index contributed by atoms with van der Waals surface area (Å²) in [5.41, 5.74) is 0. The van der Waals surface area contributed by atoms with Crippen LogP contribution in [-0.2, 0) is 14.8 Å². The molecule has 12 heavy (non-hydrogen) atoms. The van der Waals surface area contributed by atoms with Crippen molar-refractivity contribution in [3.05, 3.63) is 0 Å². The van der Waals surface area contributed by atoms with Crippen LogP contribution in [0.5, 0.6) is 0 Å². The lowest BCUT2D eigenvalue weighted by Crippen LogP contribution is -2.41. The first kappa shape index (κ1) is 11.4. The van der Waals surface area contributed by atoms with Crippen LogP contribution in [0.15, 0.2) is 0 Å². The number of nitrogens with zero attached hydrogens (tertiary/aromatic N) is 1. The molecule has 0 radical (unpaired) electrons. The number of hydrogen-bond acceptors (Lipinski definition) is 3. The maximum Gasteiger partial charge on any atom is 0.321 e. The highest BCUT2D eigenvalue weighted by Gasteiger charge is 2.26. The number of carbonyl (C=O) groups is 1. The highest BCUT2D eigenvalue weighted by atomic mass is 32.2. The minimum absolute atomic E-state index is 0.263. The summed E-state index contributed by atoms with van der Waals surface area (Å²) in [7, 11) is -2.15. The summed E-state index contributed by atoms with van der Waals surface area (Å²) in [6.45, 7) is 1.63. The number of carboxylic acids is 1. The molecule has 0 aliphatic rings. The van der Waals surface area contributed by atoms with Gasteiger partial charge in [0.25, 0.3) is 0 Å². The number of sulfonamides is 1. The molecule has 0 fully saturated rings. The van der Waals surface area contributed by atoms with Gasteiger partial charge < -0.3 is 5.11 Å². The van der Waals surface area contributed by atoms with Gasteiger partial charge >= 0.3 is 5.97 Å². The molecule has 0 bridgehead atoms. The molecule has 5 nitrogen and oxygen atoms in total. The smallest absolute Gasteiger partial charge is 0.321 e. The zero-order valence-electron chi connectivity index (χ0n) is 7.31. The minimum Gasteiger partial charge on any atom is -0.480 e. The van der Waals surface area contributed by atoms with Gasteiger partial charge in [-0.2, -0.15) is 4.31 Å². The average molecular weight is 195 g/mol. The SMILES string of the molecule is CCC(C(=O)O)N(C)S(C)(=O)=O. The van der Waals surface area contributed by atoms with E-state index in [0.29, 0.717) is 0 Å². The fourth-order valence-electron chi connectivity index (χ4n) is 0.818. The van der Waals surface area contributed by atoms with Gasteiger partial charge in [0, 0.05) is 7.05 Å². The van der Waals surface area contributed by atoms with Gasteiger partial charge in [0.1, 0.15) is 6.04 Å². The molecule has 0 aromatic carbocycles. The minimum atomic E-state index is -3.41. The van der Waals surface area contributed by atoms with Crippen molar-refractivity contribution in [2.45, 2.75) is 19.4 Å². The molecule has 0 aromatic heterocycles. The van der Waals surface area contributed by atoms with Crippen LogP contribution in [0.1, 0.15) is 13.3 Å². The molecule has 72 valence electrons. The number of hydrogen-bond donors (Lipinski definition) is 1. The predicted octanol–water partition coefficient (Wildman–Crippen LogP) is -0.259. The van der Waals surface area contributed by atoms with Crippen LogP contribution in [0.4, 0.5) is 0 Å². The van der Waals surface area contributed by atoms with Crippen LogP contribution >= 0.6 is 0 Å². The van der Waals surface area contributed by atoms with E-state index in [4.69, 9.17) is 5.11 Å². The Balaban J connectivity index is 4.66. The monoisotopic (exact) mass is 195 g/mol. The fourth-order valence-corrected chi connectivity index (χ4v) is 1.52.